The quantitative estimate of drug-likeness (QED) is 0.318. The maximum atomic E-state index is 6.49. The summed E-state index contributed by atoms with van der Waals surface area (Å²) in [5.74, 6) is 1.64. The third-order valence-corrected chi connectivity index (χ3v) is 4.69. The second-order valence-electron chi connectivity index (χ2n) is 6.12. The second-order valence-corrected chi connectivity index (χ2v) is 6.91. The lowest BCUT2D eigenvalue weighted by Gasteiger charge is -2.13. The van der Waals surface area contributed by atoms with E-state index in [1.54, 1.807) is 0 Å². The van der Waals surface area contributed by atoms with E-state index in [-0.39, 0.29) is 0 Å². The van der Waals surface area contributed by atoms with E-state index < -0.39 is 0 Å². The van der Waals surface area contributed by atoms with E-state index in [1.165, 1.54) is 25.7 Å². The molecular formula is C21H26Cl2O. The number of rotatable bonds is 10. The summed E-state index contributed by atoms with van der Waals surface area (Å²) in [4.78, 5) is 0. The average Bonchev–Trinajstić information content (AvgIpc) is 2.58. The molecule has 0 fully saturated rings. The standard InChI is InChI=1S/C21H26Cl2O/c1-17-15-19(24-14-10-5-3-2-4-9-13-22)16-20(23)21(17)18-11-7-6-8-12-18/h6-8,11-12,15-16H,2-5,9-10,13-14H2,1H3. The van der Waals surface area contributed by atoms with Gasteiger partial charge >= 0.3 is 0 Å². The molecular weight excluding hydrogens is 339 g/mol. The molecule has 3 heteroatoms. The van der Waals surface area contributed by atoms with Crippen molar-refractivity contribution in [1.29, 1.82) is 0 Å². The monoisotopic (exact) mass is 364 g/mol. The molecule has 0 aliphatic carbocycles. The van der Waals surface area contributed by atoms with Gasteiger partial charge in [-0.1, -0.05) is 67.6 Å². The predicted molar refractivity (Wildman–Crippen MR) is 106 cm³/mol. The number of ether oxygens (including phenoxy) is 1. The molecule has 0 aliphatic rings. The molecule has 0 unspecified atom stereocenters. The van der Waals surface area contributed by atoms with Crippen LogP contribution in [0.3, 0.4) is 0 Å². The van der Waals surface area contributed by atoms with Gasteiger partial charge in [0, 0.05) is 11.4 Å². The zero-order valence-corrected chi connectivity index (χ0v) is 15.9. The number of hydrogen-bond acceptors (Lipinski definition) is 1. The van der Waals surface area contributed by atoms with Crippen molar-refractivity contribution in [2.75, 3.05) is 12.5 Å². The molecule has 0 amide bonds. The number of alkyl halides is 1. The number of aryl methyl sites for hydroxylation is 1. The minimum atomic E-state index is 0.746. The van der Waals surface area contributed by atoms with Crippen molar-refractivity contribution in [3.8, 4) is 16.9 Å². The van der Waals surface area contributed by atoms with Crippen LogP contribution in [0.25, 0.3) is 11.1 Å². The van der Waals surface area contributed by atoms with Crippen molar-refractivity contribution in [1.82, 2.24) is 0 Å². The van der Waals surface area contributed by atoms with Crippen LogP contribution in [0, 0.1) is 6.92 Å². The lowest BCUT2D eigenvalue weighted by atomic mass is 10.0. The van der Waals surface area contributed by atoms with Crippen LogP contribution < -0.4 is 4.74 Å². The lowest BCUT2D eigenvalue weighted by molar-refractivity contribution is 0.304. The number of hydrogen-bond donors (Lipinski definition) is 0. The van der Waals surface area contributed by atoms with E-state index in [2.05, 4.69) is 25.1 Å². The SMILES string of the molecule is Cc1cc(OCCCCCCCCCl)cc(Cl)c1-c1ccccc1. The molecule has 0 saturated carbocycles. The summed E-state index contributed by atoms with van der Waals surface area (Å²) >= 11 is 12.2. The van der Waals surface area contributed by atoms with Gasteiger partial charge in [0.2, 0.25) is 0 Å². The Balaban J connectivity index is 1.83. The number of halogens is 2. The smallest absolute Gasteiger partial charge is 0.121 e. The topological polar surface area (TPSA) is 9.23 Å². The van der Waals surface area contributed by atoms with Gasteiger partial charge in [0.1, 0.15) is 5.75 Å². The summed E-state index contributed by atoms with van der Waals surface area (Å²) in [6, 6.07) is 14.2. The molecule has 0 aromatic heterocycles. The van der Waals surface area contributed by atoms with Gasteiger partial charge in [-0.3, -0.25) is 0 Å². The Morgan fingerprint density at radius 3 is 2.21 bits per heavy atom. The van der Waals surface area contributed by atoms with E-state index in [0.29, 0.717) is 0 Å². The van der Waals surface area contributed by atoms with Crippen LogP contribution in [0.15, 0.2) is 42.5 Å². The van der Waals surface area contributed by atoms with Crippen LogP contribution in [0.5, 0.6) is 5.75 Å². The minimum Gasteiger partial charge on any atom is -0.494 e. The van der Waals surface area contributed by atoms with Crippen LogP contribution in [0.4, 0.5) is 0 Å². The van der Waals surface area contributed by atoms with Crippen molar-refractivity contribution in [3.63, 3.8) is 0 Å². The Morgan fingerprint density at radius 1 is 0.875 bits per heavy atom. The first kappa shape index (κ1) is 19.1. The zero-order chi connectivity index (χ0) is 17.2. The first-order chi connectivity index (χ1) is 11.7. The zero-order valence-electron chi connectivity index (χ0n) is 14.4. The highest BCUT2D eigenvalue weighted by molar-refractivity contribution is 6.33. The largest absolute Gasteiger partial charge is 0.494 e. The molecule has 130 valence electrons. The molecule has 0 radical (unpaired) electrons. The Hall–Kier alpha value is -1.18. The van der Waals surface area contributed by atoms with E-state index in [1.807, 2.05) is 24.3 Å². The van der Waals surface area contributed by atoms with Gasteiger partial charge in [-0.25, -0.2) is 0 Å². The van der Waals surface area contributed by atoms with E-state index >= 15 is 0 Å². The van der Waals surface area contributed by atoms with Crippen LogP contribution in [-0.4, -0.2) is 12.5 Å². The highest BCUT2D eigenvalue weighted by atomic mass is 35.5. The highest BCUT2D eigenvalue weighted by Gasteiger charge is 2.09. The molecule has 24 heavy (non-hydrogen) atoms. The Bertz CT molecular complexity index is 587. The van der Waals surface area contributed by atoms with Crippen LogP contribution in [-0.2, 0) is 0 Å². The summed E-state index contributed by atoms with van der Waals surface area (Å²) in [6.45, 7) is 2.83. The first-order valence-electron chi connectivity index (χ1n) is 8.76. The normalized spacial score (nSPS) is 10.8. The van der Waals surface area contributed by atoms with Crippen molar-refractivity contribution in [2.45, 2.75) is 45.4 Å². The Morgan fingerprint density at radius 2 is 1.54 bits per heavy atom. The average molecular weight is 365 g/mol. The van der Waals surface area contributed by atoms with Gasteiger partial charge in [0.05, 0.1) is 11.6 Å². The third kappa shape index (κ3) is 6.03. The number of benzene rings is 2. The summed E-state index contributed by atoms with van der Waals surface area (Å²) in [5.41, 5.74) is 3.37. The van der Waals surface area contributed by atoms with Gasteiger partial charge in [-0.2, -0.15) is 0 Å². The van der Waals surface area contributed by atoms with Crippen LogP contribution in [0.2, 0.25) is 5.02 Å². The van der Waals surface area contributed by atoms with Gasteiger partial charge < -0.3 is 4.74 Å². The van der Waals surface area contributed by atoms with Gasteiger partial charge in [-0.15, -0.1) is 11.6 Å². The van der Waals surface area contributed by atoms with E-state index in [9.17, 15) is 0 Å². The number of unbranched alkanes of at least 4 members (excludes halogenated alkanes) is 5. The van der Waals surface area contributed by atoms with Crippen molar-refractivity contribution < 1.29 is 4.74 Å². The molecule has 0 N–H and O–H groups in total. The molecule has 2 aromatic rings. The molecule has 2 rings (SSSR count). The molecule has 2 aromatic carbocycles. The summed E-state index contributed by atoms with van der Waals surface area (Å²) in [7, 11) is 0. The van der Waals surface area contributed by atoms with Crippen molar-refractivity contribution in [2.24, 2.45) is 0 Å². The Kier molecular flexibility index (Phi) is 8.49. The van der Waals surface area contributed by atoms with Crippen LogP contribution in [0.1, 0.15) is 44.1 Å². The maximum Gasteiger partial charge on any atom is 0.121 e. The predicted octanol–water partition coefficient (Wildman–Crippen LogP) is 7.27. The van der Waals surface area contributed by atoms with Crippen molar-refractivity contribution >= 4 is 23.2 Å². The molecule has 0 spiro atoms. The fourth-order valence-corrected chi connectivity index (χ4v) is 3.41. The van der Waals surface area contributed by atoms with Gasteiger partial charge in [0.15, 0.2) is 0 Å². The maximum absolute atomic E-state index is 6.49. The molecule has 0 bridgehead atoms. The van der Waals surface area contributed by atoms with Gasteiger partial charge in [0.25, 0.3) is 0 Å². The fraction of sp³-hybridized carbons (Fsp3) is 0.429. The summed E-state index contributed by atoms with van der Waals surface area (Å²) in [6.07, 6.45) is 7.18. The molecule has 1 nitrogen and oxygen atoms in total. The van der Waals surface area contributed by atoms with E-state index in [0.717, 1.165) is 52.8 Å². The summed E-state index contributed by atoms with van der Waals surface area (Å²) in [5, 5.41) is 0.747. The molecule has 0 saturated heterocycles. The fourth-order valence-electron chi connectivity index (χ4n) is 2.86. The minimum absolute atomic E-state index is 0.746. The molecule has 0 atom stereocenters. The van der Waals surface area contributed by atoms with Crippen molar-refractivity contribution in [3.05, 3.63) is 53.1 Å². The van der Waals surface area contributed by atoms with E-state index in [4.69, 9.17) is 27.9 Å². The first-order valence-corrected chi connectivity index (χ1v) is 9.68. The Labute approximate surface area is 155 Å². The summed E-state index contributed by atoms with van der Waals surface area (Å²) < 4.78 is 5.88. The second kappa shape index (κ2) is 10.6. The highest BCUT2D eigenvalue weighted by Crippen LogP contribution is 2.34. The lowest BCUT2D eigenvalue weighted by Crippen LogP contribution is -1.98. The third-order valence-electron chi connectivity index (χ3n) is 4.12. The molecule has 0 heterocycles. The molecule has 0 aliphatic heterocycles. The van der Waals surface area contributed by atoms with Gasteiger partial charge in [-0.05, 0) is 43.0 Å². The van der Waals surface area contributed by atoms with Crippen LogP contribution >= 0.6 is 23.2 Å².